The fourth-order valence-corrected chi connectivity index (χ4v) is 4.05. The highest BCUT2D eigenvalue weighted by Gasteiger charge is 2.63. The fourth-order valence-electron chi connectivity index (χ4n) is 3.67. The lowest BCUT2D eigenvalue weighted by Crippen LogP contribution is -2.61. The second-order valence-corrected chi connectivity index (χ2v) is 7.57. The first-order chi connectivity index (χ1) is 10.6. The number of amides is 1. The van der Waals surface area contributed by atoms with Crippen LogP contribution in [0.25, 0.3) is 0 Å². The van der Waals surface area contributed by atoms with Gasteiger partial charge in [-0.05, 0) is 50.2 Å². The van der Waals surface area contributed by atoms with Crippen molar-refractivity contribution in [1.82, 2.24) is 5.32 Å². The van der Waals surface area contributed by atoms with Crippen LogP contribution in [0, 0.1) is 12.8 Å². The number of rotatable bonds is 3. The van der Waals surface area contributed by atoms with E-state index in [1.165, 1.54) is 6.07 Å². The summed E-state index contributed by atoms with van der Waals surface area (Å²) in [6.07, 6.45) is -2.12. The van der Waals surface area contributed by atoms with Crippen molar-refractivity contribution in [3.8, 4) is 0 Å². The smallest absolute Gasteiger partial charge is 0.369 e. The maximum atomic E-state index is 13.6. The standard InChI is InChI=1S/C16H17BrF3NO2/c1-9-2-3-11(6-12(9)17)15(23,16(18,19)20)13(22)21-14-5-4-10(7-14)8-14/h2-3,6,10,23H,4-5,7-8H2,1H3,(H,21,22). The van der Waals surface area contributed by atoms with Gasteiger partial charge in [0.25, 0.3) is 11.5 Å². The summed E-state index contributed by atoms with van der Waals surface area (Å²) >= 11 is 3.15. The van der Waals surface area contributed by atoms with Gasteiger partial charge in [-0.1, -0.05) is 28.1 Å². The third kappa shape index (κ3) is 2.58. The van der Waals surface area contributed by atoms with Gasteiger partial charge in [-0.3, -0.25) is 4.79 Å². The lowest BCUT2D eigenvalue weighted by atomic mass is 9.76. The predicted octanol–water partition coefficient (Wildman–Crippen LogP) is 3.57. The van der Waals surface area contributed by atoms with E-state index in [2.05, 4.69) is 21.2 Å². The Hall–Kier alpha value is -1.08. The number of carbonyl (C=O) groups is 1. The molecule has 2 N–H and O–H groups in total. The van der Waals surface area contributed by atoms with Gasteiger partial charge in [0, 0.05) is 15.6 Å². The molecule has 1 aromatic rings. The van der Waals surface area contributed by atoms with E-state index in [0.717, 1.165) is 24.1 Å². The molecule has 0 aliphatic heterocycles. The zero-order valence-electron chi connectivity index (χ0n) is 12.5. The Morgan fingerprint density at radius 2 is 2.04 bits per heavy atom. The molecule has 2 bridgehead atoms. The Labute approximate surface area is 140 Å². The van der Waals surface area contributed by atoms with Crippen molar-refractivity contribution in [3.05, 3.63) is 33.8 Å². The van der Waals surface area contributed by atoms with E-state index in [0.29, 0.717) is 29.7 Å². The van der Waals surface area contributed by atoms with Gasteiger partial charge in [0.2, 0.25) is 0 Å². The Bertz CT molecular complexity index is 650. The number of hydrogen-bond donors (Lipinski definition) is 2. The molecule has 7 heteroatoms. The number of aryl methyl sites for hydroxylation is 1. The average molecular weight is 392 g/mol. The molecule has 0 saturated heterocycles. The maximum absolute atomic E-state index is 13.6. The number of nitrogens with one attached hydrogen (secondary N) is 1. The molecule has 0 radical (unpaired) electrons. The highest BCUT2D eigenvalue weighted by Crippen LogP contribution is 2.52. The van der Waals surface area contributed by atoms with E-state index in [-0.39, 0.29) is 0 Å². The van der Waals surface area contributed by atoms with Crippen LogP contribution < -0.4 is 5.32 Å². The first kappa shape index (κ1) is 16.8. The van der Waals surface area contributed by atoms with Gasteiger partial charge >= 0.3 is 6.18 Å². The van der Waals surface area contributed by atoms with Crippen LogP contribution in [0.15, 0.2) is 22.7 Å². The lowest BCUT2D eigenvalue weighted by molar-refractivity contribution is -0.258. The normalized spacial score (nSPS) is 28.9. The van der Waals surface area contributed by atoms with Gasteiger partial charge in [-0.25, -0.2) is 0 Å². The van der Waals surface area contributed by atoms with Gasteiger partial charge in [0.15, 0.2) is 0 Å². The summed E-state index contributed by atoms with van der Waals surface area (Å²) in [5.41, 5.74) is -3.88. The number of hydrogen-bond acceptors (Lipinski definition) is 2. The highest BCUT2D eigenvalue weighted by molar-refractivity contribution is 9.10. The number of halogens is 4. The minimum absolute atomic E-state index is 0.410. The zero-order chi connectivity index (χ0) is 17.0. The minimum atomic E-state index is -5.11. The molecule has 0 spiro atoms. The van der Waals surface area contributed by atoms with Crippen molar-refractivity contribution in [1.29, 1.82) is 0 Å². The molecule has 0 aromatic heterocycles. The summed E-state index contributed by atoms with van der Waals surface area (Å²) in [5, 5.41) is 12.8. The molecule has 3 fully saturated rings. The van der Waals surface area contributed by atoms with Crippen LogP contribution in [-0.4, -0.2) is 22.7 Å². The van der Waals surface area contributed by atoms with Crippen LogP contribution in [-0.2, 0) is 10.4 Å². The van der Waals surface area contributed by atoms with Gasteiger partial charge in [0.1, 0.15) is 0 Å². The molecule has 23 heavy (non-hydrogen) atoms. The Kier molecular flexibility index (Phi) is 3.80. The van der Waals surface area contributed by atoms with Crippen LogP contribution in [0.2, 0.25) is 0 Å². The molecule has 3 saturated carbocycles. The highest BCUT2D eigenvalue weighted by atomic mass is 79.9. The Balaban J connectivity index is 1.96. The largest absolute Gasteiger partial charge is 0.430 e. The maximum Gasteiger partial charge on any atom is 0.430 e. The van der Waals surface area contributed by atoms with Crippen LogP contribution in [0.3, 0.4) is 0 Å². The molecular formula is C16H17BrF3NO2. The molecule has 3 aliphatic rings. The molecule has 126 valence electrons. The third-order valence-electron chi connectivity index (χ3n) is 5.10. The van der Waals surface area contributed by atoms with Gasteiger partial charge in [0.05, 0.1) is 0 Å². The number of aliphatic hydroxyl groups is 1. The summed E-state index contributed by atoms with van der Waals surface area (Å²) < 4.78 is 41.1. The van der Waals surface area contributed by atoms with Crippen LogP contribution >= 0.6 is 15.9 Å². The fraction of sp³-hybridized carbons (Fsp3) is 0.562. The Morgan fingerprint density at radius 1 is 1.39 bits per heavy atom. The van der Waals surface area contributed by atoms with Crippen molar-refractivity contribution in [2.24, 2.45) is 5.92 Å². The topological polar surface area (TPSA) is 49.3 Å². The molecule has 3 nitrogen and oxygen atoms in total. The van der Waals surface area contributed by atoms with Gasteiger partial charge in [-0.15, -0.1) is 0 Å². The minimum Gasteiger partial charge on any atom is -0.369 e. The summed E-state index contributed by atoms with van der Waals surface area (Å²) in [7, 11) is 0. The number of benzene rings is 1. The van der Waals surface area contributed by atoms with Crippen molar-refractivity contribution in [2.45, 2.75) is 49.9 Å². The average Bonchev–Trinajstić information content (AvgIpc) is 2.99. The predicted molar refractivity (Wildman–Crippen MR) is 81.7 cm³/mol. The number of carbonyl (C=O) groups excluding carboxylic acids is 1. The van der Waals surface area contributed by atoms with Crippen LogP contribution in [0.1, 0.15) is 36.8 Å². The monoisotopic (exact) mass is 391 g/mol. The van der Waals surface area contributed by atoms with Crippen molar-refractivity contribution in [2.75, 3.05) is 0 Å². The van der Waals surface area contributed by atoms with Crippen LogP contribution in [0.5, 0.6) is 0 Å². The number of alkyl halides is 3. The molecule has 1 unspecified atom stereocenters. The molecule has 1 aromatic carbocycles. The molecular weight excluding hydrogens is 375 g/mol. The van der Waals surface area contributed by atoms with Crippen molar-refractivity contribution in [3.63, 3.8) is 0 Å². The first-order valence-electron chi connectivity index (χ1n) is 7.46. The second kappa shape index (κ2) is 5.21. The quantitative estimate of drug-likeness (QED) is 0.827. The number of fused-ring (bicyclic) bond motifs is 1. The third-order valence-corrected chi connectivity index (χ3v) is 5.95. The summed E-state index contributed by atoms with van der Waals surface area (Å²) in [6.45, 7) is 1.71. The molecule has 4 rings (SSSR count). The van der Waals surface area contributed by atoms with E-state index in [1.807, 2.05) is 0 Å². The second-order valence-electron chi connectivity index (χ2n) is 6.72. The summed E-state index contributed by atoms with van der Waals surface area (Å²) in [5.74, 6) is -0.899. The lowest BCUT2D eigenvalue weighted by Gasteiger charge is -2.42. The molecule has 3 aliphatic carbocycles. The van der Waals surface area contributed by atoms with E-state index in [9.17, 15) is 23.1 Å². The summed E-state index contributed by atoms with van der Waals surface area (Å²) in [4.78, 5) is 12.4. The molecule has 1 amide bonds. The van der Waals surface area contributed by atoms with E-state index in [1.54, 1.807) is 6.92 Å². The van der Waals surface area contributed by atoms with Crippen LogP contribution in [0.4, 0.5) is 13.2 Å². The van der Waals surface area contributed by atoms with Crippen molar-refractivity contribution < 1.29 is 23.1 Å². The zero-order valence-corrected chi connectivity index (χ0v) is 14.1. The van der Waals surface area contributed by atoms with E-state index >= 15 is 0 Å². The Morgan fingerprint density at radius 3 is 2.52 bits per heavy atom. The van der Waals surface area contributed by atoms with Crippen molar-refractivity contribution >= 4 is 21.8 Å². The first-order valence-corrected chi connectivity index (χ1v) is 8.25. The van der Waals surface area contributed by atoms with E-state index < -0.39 is 28.8 Å². The van der Waals surface area contributed by atoms with E-state index in [4.69, 9.17) is 0 Å². The SMILES string of the molecule is Cc1ccc(C(O)(C(=O)NC23CCC(C2)C3)C(F)(F)F)cc1Br. The molecule has 0 heterocycles. The summed E-state index contributed by atoms with van der Waals surface area (Å²) in [6, 6.07) is 3.73. The van der Waals surface area contributed by atoms with Gasteiger partial charge < -0.3 is 10.4 Å². The van der Waals surface area contributed by atoms with Gasteiger partial charge in [-0.2, -0.15) is 13.2 Å². The molecule has 1 atom stereocenters.